The Kier molecular flexibility index (Phi) is 6.94. The quantitative estimate of drug-likeness (QED) is 0.665. The fraction of sp³-hybridized carbons (Fsp3) is 0.938. The van der Waals surface area contributed by atoms with Crippen molar-refractivity contribution in [3.05, 3.63) is 0 Å². The van der Waals surface area contributed by atoms with Gasteiger partial charge in [0.1, 0.15) is 5.54 Å². The average molecular weight is 280 g/mol. The second-order valence-electron chi connectivity index (χ2n) is 6.70. The Morgan fingerprint density at radius 3 is 2.45 bits per heavy atom. The molecule has 0 aromatic rings. The van der Waals surface area contributed by atoms with Crippen molar-refractivity contribution in [1.29, 1.82) is 5.26 Å². The van der Waals surface area contributed by atoms with Crippen molar-refractivity contribution in [1.82, 2.24) is 15.1 Å². The molecule has 4 nitrogen and oxygen atoms in total. The van der Waals surface area contributed by atoms with Crippen LogP contribution >= 0.6 is 0 Å². The third kappa shape index (κ3) is 6.21. The van der Waals surface area contributed by atoms with Crippen LogP contribution in [0.1, 0.15) is 46.5 Å². The molecule has 20 heavy (non-hydrogen) atoms. The molecule has 2 unspecified atom stereocenters. The van der Waals surface area contributed by atoms with Crippen LogP contribution in [0.25, 0.3) is 0 Å². The number of hydrogen-bond acceptors (Lipinski definition) is 4. The third-order valence-corrected chi connectivity index (χ3v) is 4.13. The minimum Gasteiger partial charge on any atom is -0.309 e. The Labute approximate surface area is 125 Å². The fourth-order valence-corrected chi connectivity index (χ4v) is 2.82. The molecule has 0 heterocycles. The lowest BCUT2D eigenvalue weighted by Crippen LogP contribution is -2.48. The van der Waals surface area contributed by atoms with Gasteiger partial charge in [-0.15, -0.1) is 0 Å². The molecule has 0 aliphatic heterocycles. The van der Waals surface area contributed by atoms with Crippen molar-refractivity contribution in [2.24, 2.45) is 0 Å². The van der Waals surface area contributed by atoms with E-state index in [9.17, 15) is 5.26 Å². The minimum atomic E-state index is -0.379. The molecular formula is C16H32N4. The Balaban J connectivity index is 2.43. The van der Waals surface area contributed by atoms with Crippen LogP contribution < -0.4 is 5.32 Å². The van der Waals surface area contributed by atoms with E-state index in [4.69, 9.17) is 0 Å². The van der Waals surface area contributed by atoms with Gasteiger partial charge in [-0.25, -0.2) is 0 Å². The van der Waals surface area contributed by atoms with E-state index in [0.29, 0.717) is 12.1 Å². The molecule has 1 aliphatic carbocycles. The third-order valence-electron chi connectivity index (χ3n) is 4.13. The molecule has 0 bridgehead atoms. The maximum Gasteiger partial charge on any atom is 0.105 e. The van der Waals surface area contributed by atoms with Crippen LogP contribution in [0.2, 0.25) is 0 Å². The topological polar surface area (TPSA) is 42.3 Å². The average Bonchev–Trinajstić information content (AvgIpc) is 3.17. The second-order valence-corrected chi connectivity index (χ2v) is 6.70. The Bertz CT molecular complexity index is 319. The van der Waals surface area contributed by atoms with Gasteiger partial charge in [0.05, 0.1) is 6.07 Å². The Morgan fingerprint density at radius 2 is 2.00 bits per heavy atom. The highest BCUT2D eigenvalue weighted by Gasteiger charge is 2.34. The first-order valence-corrected chi connectivity index (χ1v) is 7.98. The fourth-order valence-electron chi connectivity index (χ4n) is 2.82. The lowest BCUT2D eigenvalue weighted by atomic mass is 9.94. The van der Waals surface area contributed by atoms with Gasteiger partial charge in [0.15, 0.2) is 0 Å². The molecule has 116 valence electrons. The van der Waals surface area contributed by atoms with E-state index in [1.807, 2.05) is 0 Å². The smallest absolute Gasteiger partial charge is 0.105 e. The van der Waals surface area contributed by atoms with Gasteiger partial charge in [-0.2, -0.15) is 5.26 Å². The standard InChI is InChI=1S/C16H32N4/c1-6-20(11-7-10-19(4)5)14(2)12-16(3,13-17)18-15-8-9-15/h14-15,18H,6-12H2,1-5H3. The summed E-state index contributed by atoms with van der Waals surface area (Å²) in [6, 6.07) is 3.51. The van der Waals surface area contributed by atoms with Crippen LogP contribution in [0.5, 0.6) is 0 Å². The van der Waals surface area contributed by atoms with Crippen molar-refractivity contribution in [3.63, 3.8) is 0 Å². The van der Waals surface area contributed by atoms with Crippen molar-refractivity contribution >= 4 is 0 Å². The monoisotopic (exact) mass is 280 g/mol. The molecule has 1 rings (SSSR count). The van der Waals surface area contributed by atoms with E-state index >= 15 is 0 Å². The predicted octanol–water partition coefficient (Wildman–Crippen LogP) is 2.07. The zero-order valence-electron chi connectivity index (χ0n) is 13.9. The van der Waals surface area contributed by atoms with E-state index in [1.165, 1.54) is 19.3 Å². The number of nitriles is 1. The SMILES string of the molecule is CCN(CCCN(C)C)C(C)CC(C)(C#N)NC1CC1. The molecule has 1 fully saturated rings. The normalized spacial score (nSPS) is 19.9. The van der Waals surface area contributed by atoms with Crippen LogP contribution in [0.4, 0.5) is 0 Å². The van der Waals surface area contributed by atoms with Gasteiger partial charge < -0.3 is 9.80 Å². The van der Waals surface area contributed by atoms with Crippen LogP contribution in [0, 0.1) is 11.3 Å². The summed E-state index contributed by atoms with van der Waals surface area (Å²) in [7, 11) is 4.23. The van der Waals surface area contributed by atoms with Crippen molar-refractivity contribution in [3.8, 4) is 6.07 Å². The van der Waals surface area contributed by atoms with Crippen LogP contribution in [-0.4, -0.2) is 61.2 Å². The van der Waals surface area contributed by atoms with E-state index in [0.717, 1.165) is 26.1 Å². The van der Waals surface area contributed by atoms with Gasteiger partial charge in [0, 0.05) is 12.1 Å². The summed E-state index contributed by atoms with van der Waals surface area (Å²) in [5, 5.41) is 13.0. The number of nitrogens with one attached hydrogen (secondary N) is 1. The zero-order chi connectivity index (χ0) is 15.2. The van der Waals surface area contributed by atoms with Gasteiger partial charge >= 0.3 is 0 Å². The van der Waals surface area contributed by atoms with E-state index in [2.05, 4.69) is 56.1 Å². The summed E-state index contributed by atoms with van der Waals surface area (Å²) in [6.07, 6.45) is 4.54. The molecule has 1 N–H and O–H groups in total. The lowest BCUT2D eigenvalue weighted by Gasteiger charge is -2.34. The highest BCUT2D eigenvalue weighted by atomic mass is 15.2. The molecule has 4 heteroatoms. The summed E-state index contributed by atoms with van der Waals surface area (Å²) in [4.78, 5) is 4.72. The van der Waals surface area contributed by atoms with Gasteiger partial charge in [0.2, 0.25) is 0 Å². The molecule has 0 aromatic carbocycles. The second kappa shape index (κ2) is 7.97. The highest BCUT2D eigenvalue weighted by Crippen LogP contribution is 2.25. The van der Waals surface area contributed by atoms with Crippen LogP contribution in [-0.2, 0) is 0 Å². The molecule has 0 radical (unpaired) electrons. The first-order valence-electron chi connectivity index (χ1n) is 7.98. The van der Waals surface area contributed by atoms with Crippen molar-refractivity contribution in [2.45, 2.75) is 64.1 Å². The van der Waals surface area contributed by atoms with Gasteiger partial charge in [-0.3, -0.25) is 5.32 Å². The summed E-state index contributed by atoms with van der Waals surface area (Å²) in [6.45, 7) is 9.81. The summed E-state index contributed by atoms with van der Waals surface area (Å²) >= 11 is 0. The first kappa shape index (κ1) is 17.4. The van der Waals surface area contributed by atoms with Gasteiger partial charge in [-0.1, -0.05) is 6.92 Å². The molecule has 2 atom stereocenters. The van der Waals surface area contributed by atoms with Crippen LogP contribution in [0.3, 0.4) is 0 Å². The van der Waals surface area contributed by atoms with E-state index in [-0.39, 0.29) is 5.54 Å². The highest BCUT2D eigenvalue weighted by molar-refractivity contribution is 5.08. The maximum atomic E-state index is 9.48. The molecule has 1 saturated carbocycles. The number of rotatable bonds is 10. The molecule has 1 aliphatic rings. The van der Waals surface area contributed by atoms with Crippen molar-refractivity contribution in [2.75, 3.05) is 33.7 Å². The van der Waals surface area contributed by atoms with E-state index in [1.54, 1.807) is 0 Å². The van der Waals surface area contributed by atoms with Gasteiger partial charge in [-0.05, 0) is 73.3 Å². The maximum absolute atomic E-state index is 9.48. The Hall–Kier alpha value is -0.630. The summed E-state index contributed by atoms with van der Waals surface area (Å²) in [5.74, 6) is 0. The molecule has 0 aromatic heterocycles. The summed E-state index contributed by atoms with van der Waals surface area (Å²) < 4.78 is 0. The predicted molar refractivity (Wildman–Crippen MR) is 84.7 cm³/mol. The summed E-state index contributed by atoms with van der Waals surface area (Å²) in [5.41, 5.74) is -0.379. The lowest BCUT2D eigenvalue weighted by molar-refractivity contribution is 0.176. The molecule has 0 saturated heterocycles. The Morgan fingerprint density at radius 1 is 1.35 bits per heavy atom. The number of hydrogen-bond donors (Lipinski definition) is 1. The van der Waals surface area contributed by atoms with Gasteiger partial charge in [0.25, 0.3) is 0 Å². The molecular weight excluding hydrogens is 248 g/mol. The minimum absolute atomic E-state index is 0.379. The number of nitrogens with zero attached hydrogens (tertiary/aromatic N) is 3. The van der Waals surface area contributed by atoms with Crippen molar-refractivity contribution < 1.29 is 0 Å². The van der Waals surface area contributed by atoms with E-state index < -0.39 is 0 Å². The first-order chi connectivity index (χ1) is 9.40. The molecule has 0 spiro atoms. The molecule has 0 amide bonds. The van der Waals surface area contributed by atoms with Crippen LogP contribution in [0.15, 0.2) is 0 Å². The zero-order valence-corrected chi connectivity index (χ0v) is 13.9. The largest absolute Gasteiger partial charge is 0.309 e.